The molecule has 1 N–H and O–H groups in total. The maximum atomic E-state index is 10.2. The number of nitrogens with one attached hydrogen (secondary N) is 1. The van der Waals surface area contributed by atoms with Crippen molar-refractivity contribution >= 4 is 6.41 Å². The average Bonchev–Trinajstić information content (AvgIpc) is 2.35. The quantitative estimate of drug-likeness (QED) is 0.728. The lowest BCUT2D eigenvalue weighted by atomic mass is 10.1. The largest absolute Gasteiger partial charge is 0.496 e. The smallest absolute Gasteiger partial charge is 0.309 e. The van der Waals surface area contributed by atoms with Crippen molar-refractivity contribution in [3.63, 3.8) is 0 Å². The fraction of sp³-hybridized carbons (Fsp3) is 0.364. The molecule has 1 aromatic carbocycles. The minimum Gasteiger partial charge on any atom is -0.496 e. The fourth-order valence-corrected chi connectivity index (χ4v) is 1.38. The predicted octanol–water partition coefficient (Wildman–Crippen LogP) is 0.869. The van der Waals surface area contributed by atoms with Gasteiger partial charge in [0, 0.05) is 12.1 Å². The van der Waals surface area contributed by atoms with Gasteiger partial charge in [0.25, 0.3) is 0 Å². The molecule has 0 atom stereocenters. The summed E-state index contributed by atoms with van der Waals surface area (Å²) in [4.78, 5) is 10.2. The van der Waals surface area contributed by atoms with Gasteiger partial charge in [-0.3, -0.25) is 4.79 Å². The highest BCUT2D eigenvalue weighted by molar-refractivity contribution is 5.53. The second-order valence-corrected chi connectivity index (χ2v) is 2.97. The Morgan fingerprint density at radius 2 is 1.69 bits per heavy atom. The van der Waals surface area contributed by atoms with E-state index in [2.05, 4.69) is 5.32 Å². The minimum atomic E-state index is 0.292. The van der Waals surface area contributed by atoms with Gasteiger partial charge in [-0.05, 0) is 0 Å². The zero-order valence-electron chi connectivity index (χ0n) is 9.49. The Morgan fingerprint density at radius 1 is 1.12 bits per heavy atom. The molecule has 0 saturated heterocycles. The van der Waals surface area contributed by atoms with Gasteiger partial charge in [0.15, 0.2) is 0 Å². The molecular formula is C11H14NO4. The molecular weight excluding hydrogens is 210 g/mol. The van der Waals surface area contributed by atoms with Crippen molar-refractivity contribution < 1.29 is 19.0 Å². The zero-order valence-corrected chi connectivity index (χ0v) is 9.49. The van der Waals surface area contributed by atoms with Gasteiger partial charge in [0.1, 0.15) is 17.2 Å². The Bertz CT molecular complexity index is 340. The van der Waals surface area contributed by atoms with Crippen LogP contribution in [0.2, 0.25) is 0 Å². The summed E-state index contributed by atoms with van der Waals surface area (Å²) in [6.45, 7) is 0.292. The van der Waals surface area contributed by atoms with Gasteiger partial charge < -0.3 is 19.5 Å². The van der Waals surface area contributed by atoms with E-state index in [4.69, 9.17) is 14.2 Å². The molecule has 1 amide bonds. The van der Waals surface area contributed by atoms with Crippen LogP contribution in [0, 0.1) is 0 Å². The van der Waals surface area contributed by atoms with E-state index in [9.17, 15) is 4.79 Å². The summed E-state index contributed by atoms with van der Waals surface area (Å²) in [5.41, 5.74) is 0.745. The molecule has 0 unspecified atom stereocenters. The summed E-state index contributed by atoms with van der Waals surface area (Å²) in [7, 11) is 4.65. The van der Waals surface area contributed by atoms with Crippen LogP contribution in [0.3, 0.4) is 0 Å². The van der Waals surface area contributed by atoms with E-state index >= 15 is 0 Å². The number of hydrogen-bond donors (Lipinski definition) is 1. The van der Waals surface area contributed by atoms with Gasteiger partial charge in [-0.2, -0.15) is 0 Å². The van der Waals surface area contributed by atoms with Crippen LogP contribution in [-0.2, 0) is 11.3 Å². The van der Waals surface area contributed by atoms with Gasteiger partial charge in [-0.25, -0.2) is 0 Å². The van der Waals surface area contributed by atoms with Crippen molar-refractivity contribution in [2.75, 3.05) is 21.3 Å². The molecule has 0 aliphatic rings. The first-order valence-corrected chi connectivity index (χ1v) is 4.65. The van der Waals surface area contributed by atoms with Crippen LogP contribution in [0.15, 0.2) is 12.1 Å². The highest BCUT2D eigenvalue weighted by atomic mass is 16.5. The molecule has 0 bridgehead atoms. The summed E-state index contributed by atoms with van der Waals surface area (Å²) in [5.74, 6) is 1.82. The summed E-state index contributed by atoms with van der Waals surface area (Å²) in [5, 5.41) is 2.45. The Balaban J connectivity index is 3.14. The number of benzene rings is 1. The molecule has 1 aromatic rings. The standard InChI is InChI=1S/C11H14NO4/c1-14-8-4-10(15-2)9(6-12-7-13)11(5-8)16-3/h4-5H,6H2,1-3H3,(H,12,13). The second-order valence-electron chi connectivity index (χ2n) is 2.97. The molecule has 0 saturated carbocycles. The van der Waals surface area contributed by atoms with Gasteiger partial charge >= 0.3 is 6.41 Å². The lowest BCUT2D eigenvalue weighted by molar-refractivity contribution is 0.368. The first-order valence-electron chi connectivity index (χ1n) is 4.65. The van der Waals surface area contributed by atoms with Crippen LogP contribution in [0.5, 0.6) is 17.2 Å². The summed E-state index contributed by atoms with van der Waals surface area (Å²) in [6, 6.07) is 3.45. The number of ether oxygens (including phenoxy) is 3. The number of amides is 1. The second kappa shape index (κ2) is 5.85. The predicted molar refractivity (Wildman–Crippen MR) is 58.6 cm³/mol. The van der Waals surface area contributed by atoms with Gasteiger partial charge in [-0.15, -0.1) is 0 Å². The lowest BCUT2D eigenvalue weighted by Crippen LogP contribution is -2.12. The SMILES string of the molecule is COc1cc(OC)c(CN[C]=O)c(OC)c1. The van der Waals surface area contributed by atoms with Crippen LogP contribution < -0.4 is 19.5 Å². The molecule has 87 valence electrons. The van der Waals surface area contributed by atoms with Gasteiger partial charge in [0.2, 0.25) is 0 Å². The van der Waals surface area contributed by atoms with Crippen LogP contribution in [0.25, 0.3) is 0 Å². The molecule has 0 heterocycles. The van der Waals surface area contributed by atoms with Gasteiger partial charge in [0.05, 0.1) is 33.4 Å². The van der Waals surface area contributed by atoms with E-state index < -0.39 is 0 Å². The molecule has 0 spiro atoms. The monoisotopic (exact) mass is 224 g/mol. The third-order valence-corrected chi connectivity index (χ3v) is 2.15. The number of hydrogen-bond acceptors (Lipinski definition) is 4. The van der Waals surface area contributed by atoms with Crippen molar-refractivity contribution in [1.29, 1.82) is 0 Å². The van der Waals surface area contributed by atoms with E-state index in [0.717, 1.165) is 5.56 Å². The number of rotatable bonds is 6. The normalized spacial score (nSPS) is 9.44. The van der Waals surface area contributed by atoms with Crippen molar-refractivity contribution in [2.45, 2.75) is 6.54 Å². The molecule has 0 aromatic heterocycles. The molecule has 16 heavy (non-hydrogen) atoms. The van der Waals surface area contributed by atoms with E-state index in [1.54, 1.807) is 39.9 Å². The fourth-order valence-electron chi connectivity index (χ4n) is 1.38. The van der Waals surface area contributed by atoms with Crippen molar-refractivity contribution in [3.8, 4) is 17.2 Å². The third kappa shape index (κ3) is 2.56. The minimum absolute atomic E-state index is 0.292. The highest BCUT2D eigenvalue weighted by Crippen LogP contribution is 2.33. The first-order chi connectivity index (χ1) is 7.76. The maximum Gasteiger partial charge on any atom is 0.309 e. The van der Waals surface area contributed by atoms with Crippen LogP contribution in [-0.4, -0.2) is 27.7 Å². The van der Waals surface area contributed by atoms with Crippen LogP contribution >= 0.6 is 0 Å². The Hall–Kier alpha value is -1.91. The zero-order chi connectivity index (χ0) is 12.0. The third-order valence-electron chi connectivity index (χ3n) is 2.15. The Labute approximate surface area is 94.3 Å². The summed E-state index contributed by atoms with van der Waals surface area (Å²) >= 11 is 0. The molecule has 0 aliphatic heterocycles. The first kappa shape index (κ1) is 12.2. The van der Waals surface area contributed by atoms with E-state index in [1.165, 1.54) is 0 Å². The molecule has 0 fully saturated rings. The van der Waals surface area contributed by atoms with Crippen LogP contribution in [0.4, 0.5) is 0 Å². The van der Waals surface area contributed by atoms with E-state index in [0.29, 0.717) is 23.8 Å². The molecule has 0 aliphatic carbocycles. The van der Waals surface area contributed by atoms with E-state index in [1.807, 2.05) is 0 Å². The summed E-state index contributed by atoms with van der Waals surface area (Å²) in [6.07, 6.45) is 1.61. The number of methoxy groups -OCH3 is 3. The Morgan fingerprint density at radius 3 is 2.06 bits per heavy atom. The highest BCUT2D eigenvalue weighted by Gasteiger charge is 2.12. The molecule has 1 radical (unpaired) electrons. The van der Waals surface area contributed by atoms with Gasteiger partial charge in [-0.1, -0.05) is 0 Å². The lowest BCUT2D eigenvalue weighted by Gasteiger charge is -2.14. The van der Waals surface area contributed by atoms with E-state index in [-0.39, 0.29) is 0 Å². The summed E-state index contributed by atoms with van der Waals surface area (Å²) < 4.78 is 15.5. The van der Waals surface area contributed by atoms with Crippen molar-refractivity contribution in [3.05, 3.63) is 17.7 Å². The van der Waals surface area contributed by atoms with Crippen molar-refractivity contribution in [2.24, 2.45) is 0 Å². The molecule has 5 nitrogen and oxygen atoms in total. The Kier molecular flexibility index (Phi) is 4.44. The van der Waals surface area contributed by atoms with Crippen molar-refractivity contribution in [1.82, 2.24) is 5.32 Å². The molecule has 1 rings (SSSR count). The van der Waals surface area contributed by atoms with Crippen LogP contribution in [0.1, 0.15) is 5.56 Å². The number of carbonyl (C=O) groups excluding carboxylic acids is 1. The topological polar surface area (TPSA) is 56.8 Å². The molecule has 5 heteroatoms. The maximum absolute atomic E-state index is 10.2. The average molecular weight is 224 g/mol.